The van der Waals surface area contributed by atoms with Crippen LogP contribution >= 0.6 is 12.4 Å². The van der Waals surface area contributed by atoms with E-state index in [2.05, 4.69) is 45.8 Å². The molecule has 5 nitrogen and oxygen atoms in total. The second-order valence-electron chi connectivity index (χ2n) is 5.07. The van der Waals surface area contributed by atoms with Crippen LogP contribution in [0.2, 0.25) is 0 Å². The summed E-state index contributed by atoms with van der Waals surface area (Å²) in [5.74, 6) is 2.10. The normalized spacial score (nSPS) is 24.9. The summed E-state index contributed by atoms with van der Waals surface area (Å²) in [7, 11) is 0. The minimum absolute atomic E-state index is 0. The van der Waals surface area contributed by atoms with E-state index >= 15 is 0 Å². The van der Waals surface area contributed by atoms with Gasteiger partial charge in [0.2, 0.25) is 0 Å². The Morgan fingerprint density at radius 2 is 1.83 bits per heavy atom. The first-order valence-corrected chi connectivity index (χ1v) is 6.47. The highest BCUT2D eigenvalue weighted by molar-refractivity contribution is 5.85. The highest BCUT2D eigenvalue weighted by Crippen LogP contribution is 2.10. The molecule has 0 bridgehead atoms. The highest BCUT2D eigenvalue weighted by atomic mass is 35.5. The highest BCUT2D eigenvalue weighted by Gasteiger charge is 2.22. The van der Waals surface area contributed by atoms with Gasteiger partial charge in [-0.3, -0.25) is 4.90 Å². The van der Waals surface area contributed by atoms with E-state index in [9.17, 15) is 0 Å². The summed E-state index contributed by atoms with van der Waals surface area (Å²) in [4.78, 5) is 2.46. The fourth-order valence-corrected chi connectivity index (χ4v) is 2.72. The molecule has 104 valence electrons. The average Bonchev–Trinajstić information content (AvgIpc) is 2.57. The monoisotopic (exact) mass is 273 g/mol. The number of piperazine rings is 1. The molecule has 1 saturated heterocycles. The van der Waals surface area contributed by atoms with Crippen LogP contribution in [0, 0.1) is 6.92 Å². The van der Waals surface area contributed by atoms with Gasteiger partial charge in [-0.1, -0.05) is 0 Å². The van der Waals surface area contributed by atoms with Crippen LogP contribution in [0.1, 0.15) is 32.4 Å². The van der Waals surface area contributed by atoms with Crippen molar-refractivity contribution in [2.75, 3.05) is 13.1 Å². The Labute approximate surface area is 115 Å². The van der Waals surface area contributed by atoms with Crippen molar-refractivity contribution in [1.82, 2.24) is 25.0 Å². The summed E-state index contributed by atoms with van der Waals surface area (Å²) in [5.41, 5.74) is 0. The Hall–Kier alpha value is -0.650. The van der Waals surface area contributed by atoms with E-state index in [4.69, 9.17) is 0 Å². The SMILES string of the molecule is CCn1c(C)nnc1CN1CC(C)NC(C)C1.Cl. The molecule has 18 heavy (non-hydrogen) atoms. The molecule has 0 aliphatic carbocycles. The fraction of sp³-hybridized carbons (Fsp3) is 0.833. The Kier molecular flexibility index (Phi) is 5.56. The Bertz CT molecular complexity index is 369. The van der Waals surface area contributed by atoms with Gasteiger partial charge in [0.25, 0.3) is 0 Å². The minimum Gasteiger partial charge on any atom is -0.314 e. The van der Waals surface area contributed by atoms with Crippen molar-refractivity contribution in [2.45, 2.75) is 52.9 Å². The lowest BCUT2D eigenvalue weighted by atomic mass is 10.1. The lowest BCUT2D eigenvalue weighted by Gasteiger charge is -2.35. The van der Waals surface area contributed by atoms with Crippen LogP contribution < -0.4 is 5.32 Å². The minimum atomic E-state index is 0. The molecular weight excluding hydrogens is 250 g/mol. The van der Waals surface area contributed by atoms with E-state index in [1.54, 1.807) is 0 Å². The van der Waals surface area contributed by atoms with Gasteiger partial charge >= 0.3 is 0 Å². The Morgan fingerprint density at radius 3 is 2.39 bits per heavy atom. The van der Waals surface area contributed by atoms with Crippen LogP contribution in [0.3, 0.4) is 0 Å². The average molecular weight is 274 g/mol. The van der Waals surface area contributed by atoms with Gasteiger partial charge in [-0.05, 0) is 27.7 Å². The molecule has 1 aromatic heterocycles. The zero-order valence-corrected chi connectivity index (χ0v) is 12.5. The second kappa shape index (κ2) is 6.50. The van der Waals surface area contributed by atoms with Crippen LogP contribution in [0.4, 0.5) is 0 Å². The molecule has 1 aromatic rings. The molecule has 0 amide bonds. The number of nitrogens with one attached hydrogen (secondary N) is 1. The quantitative estimate of drug-likeness (QED) is 0.899. The molecule has 1 aliphatic rings. The molecule has 2 rings (SSSR count). The number of hydrogen-bond acceptors (Lipinski definition) is 4. The van der Waals surface area contributed by atoms with Gasteiger partial charge in [0.15, 0.2) is 0 Å². The molecular formula is C12H24ClN5. The van der Waals surface area contributed by atoms with E-state index in [1.807, 2.05) is 6.92 Å². The van der Waals surface area contributed by atoms with Crippen LogP contribution in [0.5, 0.6) is 0 Å². The van der Waals surface area contributed by atoms with Crippen molar-refractivity contribution in [3.05, 3.63) is 11.6 Å². The molecule has 0 aromatic carbocycles. The van der Waals surface area contributed by atoms with Crippen LogP contribution in [0.25, 0.3) is 0 Å². The molecule has 1 fully saturated rings. The maximum atomic E-state index is 4.28. The van der Waals surface area contributed by atoms with Gasteiger partial charge in [0, 0.05) is 31.7 Å². The Morgan fingerprint density at radius 1 is 1.22 bits per heavy atom. The lowest BCUT2D eigenvalue weighted by molar-refractivity contribution is 0.161. The number of halogens is 1. The number of hydrogen-bond donors (Lipinski definition) is 1. The van der Waals surface area contributed by atoms with Crippen molar-refractivity contribution >= 4 is 12.4 Å². The largest absolute Gasteiger partial charge is 0.314 e. The first-order valence-electron chi connectivity index (χ1n) is 6.47. The zero-order chi connectivity index (χ0) is 12.4. The maximum Gasteiger partial charge on any atom is 0.147 e. The van der Waals surface area contributed by atoms with Gasteiger partial charge < -0.3 is 9.88 Å². The number of aromatic nitrogens is 3. The van der Waals surface area contributed by atoms with Crippen molar-refractivity contribution in [2.24, 2.45) is 0 Å². The molecule has 1 N–H and O–H groups in total. The zero-order valence-electron chi connectivity index (χ0n) is 11.7. The summed E-state index contributed by atoms with van der Waals surface area (Å²) < 4.78 is 2.19. The first kappa shape index (κ1) is 15.4. The predicted molar refractivity (Wildman–Crippen MR) is 75.0 cm³/mol. The number of nitrogens with zero attached hydrogens (tertiary/aromatic N) is 4. The van der Waals surface area contributed by atoms with Crippen molar-refractivity contribution in [3.8, 4) is 0 Å². The van der Waals surface area contributed by atoms with Gasteiger partial charge in [0.05, 0.1) is 6.54 Å². The van der Waals surface area contributed by atoms with Crippen molar-refractivity contribution in [3.63, 3.8) is 0 Å². The summed E-state index contributed by atoms with van der Waals surface area (Å²) in [6.45, 7) is 12.7. The second-order valence-corrected chi connectivity index (χ2v) is 5.07. The molecule has 0 saturated carbocycles. The van der Waals surface area contributed by atoms with Crippen LogP contribution in [-0.4, -0.2) is 44.8 Å². The lowest BCUT2D eigenvalue weighted by Crippen LogP contribution is -2.53. The molecule has 2 heterocycles. The molecule has 0 radical (unpaired) electrons. The Balaban J connectivity index is 0.00000162. The van der Waals surface area contributed by atoms with E-state index in [0.29, 0.717) is 12.1 Å². The molecule has 2 atom stereocenters. The van der Waals surface area contributed by atoms with Gasteiger partial charge in [-0.2, -0.15) is 0 Å². The summed E-state index contributed by atoms with van der Waals surface area (Å²) in [6, 6.07) is 1.11. The van der Waals surface area contributed by atoms with E-state index < -0.39 is 0 Å². The smallest absolute Gasteiger partial charge is 0.147 e. The van der Waals surface area contributed by atoms with Crippen molar-refractivity contribution < 1.29 is 0 Å². The molecule has 1 aliphatic heterocycles. The molecule has 0 spiro atoms. The topological polar surface area (TPSA) is 46.0 Å². The molecule has 2 unspecified atom stereocenters. The van der Waals surface area contributed by atoms with Gasteiger partial charge in [0.1, 0.15) is 11.6 Å². The number of rotatable bonds is 3. The first-order chi connectivity index (χ1) is 8.10. The summed E-state index contributed by atoms with van der Waals surface area (Å²) >= 11 is 0. The number of aryl methyl sites for hydroxylation is 1. The van der Waals surface area contributed by atoms with E-state index in [1.165, 1.54) is 0 Å². The fourth-order valence-electron chi connectivity index (χ4n) is 2.72. The predicted octanol–water partition coefficient (Wildman–Crippen LogP) is 1.21. The van der Waals surface area contributed by atoms with Crippen molar-refractivity contribution in [1.29, 1.82) is 0 Å². The van der Waals surface area contributed by atoms with E-state index in [-0.39, 0.29) is 12.4 Å². The summed E-state index contributed by atoms with van der Waals surface area (Å²) in [5, 5.41) is 12.0. The maximum absolute atomic E-state index is 4.28. The van der Waals surface area contributed by atoms with Crippen LogP contribution in [0.15, 0.2) is 0 Å². The van der Waals surface area contributed by atoms with Gasteiger partial charge in [-0.15, -0.1) is 22.6 Å². The van der Waals surface area contributed by atoms with Crippen LogP contribution in [-0.2, 0) is 13.1 Å². The van der Waals surface area contributed by atoms with E-state index in [0.717, 1.165) is 37.8 Å². The third-order valence-corrected chi connectivity index (χ3v) is 3.33. The van der Waals surface area contributed by atoms with Gasteiger partial charge in [-0.25, -0.2) is 0 Å². The third kappa shape index (κ3) is 3.43. The standard InChI is InChI=1S/C12H23N5.ClH/c1-5-17-11(4)14-15-12(17)8-16-6-9(2)13-10(3)7-16;/h9-10,13H,5-8H2,1-4H3;1H. The summed E-state index contributed by atoms with van der Waals surface area (Å²) in [6.07, 6.45) is 0. The third-order valence-electron chi connectivity index (χ3n) is 3.33. The molecule has 6 heteroatoms.